The quantitative estimate of drug-likeness (QED) is 0.619. The van der Waals surface area contributed by atoms with Crippen molar-refractivity contribution in [1.29, 1.82) is 0 Å². The molecule has 0 nitrogen and oxygen atoms in total. The van der Waals surface area contributed by atoms with Crippen molar-refractivity contribution in [1.82, 2.24) is 0 Å². The minimum atomic E-state index is -0.0375. The fourth-order valence-corrected chi connectivity index (χ4v) is 2.74. The van der Waals surface area contributed by atoms with E-state index in [9.17, 15) is 0 Å². The minimum absolute atomic E-state index is 0.0375. The van der Waals surface area contributed by atoms with Crippen molar-refractivity contribution in [3.63, 3.8) is 0 Å². The predicted octanol–water partition coefficient (Wildman–Crippen LogP) is 6.21. The molecule has 0 saturated carbocycles. The summed E-state index contributed by atoms with van der Waals surface area (Å²) in [6.07, 6.45) is 0. The Morgan fingerprint density at radius 1 is 0.609 bits per heavy atom. The molecule has 0 aliphatic carbocycles. The maximum Gasteiger partial charge on any atom is 0.0146 e. The molecule has 0 aliphatic heterocycles. The molecule has 2 radical (unpaired) electrons. The first-order chi connectivity index (χ1) is 10.4. The zero-order valence-corrected chi connectivity index (χ0v) is 16.0. The van der Waals surface area contributed by atoms with E-state index in [0.717, 1.165) is 0 Å². The van der Waals surface area contributed by atoms with Gasteiger partial charge in [-0.15, -0.1) is 0 Å². The van der Waals surface area contributed by atoms with Crippen LogP contribution in [0.15, 0.2) is 36.4 Å². The van der Waals surface area contributed by atoms with Crippen molar-refractivity contribution in [3.8, 4) is 0 Å². The highest BCUT2D eigenvalue weighted by Gasteiger charge is 2.26. The van der Waals surface area contributed by atoms with Gasteiger partial charge in [0.05, 0.1) is 0 Å². The van der Waals surface area contributed by atoms with Crippen LogP contribution in [0, 0.1) is 12.1 Å². The Hall–Kier alpha value is -1.56. The predicted molar refractivity (Wildman–Crippen MR) is 100 cm³/mol. The van der Waals surface area contributed by atoms with E-state index in [4.69, 9.17) is 0 Å². The van der Waals surface area contributed by atoms with Gasteiger partial charge >= 0.3 is 0 Å². The lowest BCUT2D eigenvalue weighted by molar-refractivity contribution is 0.574. The molecule has 2 aromatic rings. The van der Waals surface area contributed by atoms with E-state index in [0.29, 0.717) is 0 Å². The summed E-state index contributed by atoms with van der Waals surface area (Å²) in [7, 11) is 0. The van der Waals surface area contributed by atoms with Crippen molar-refractivity contribution >= 4 is 0 Å². The van der Waals surface area contributed by atoms with Gasteiger partial charge in [0.25, 0.3) is 0 Å². The third kappa shape index (κ3) is 3.86. The summed E-state index contributed by atoms with van der Waals surface area (Å²) in [6, 6.07) is 20.0. The standard InChI is InChI=1S/C23H30/c1-21(2,3)17-11-9-13-19(15-17)23(7,8)20-14-10-12-18(16-20)22(4,5)6/h9-10,13-16H,1-8H3. The van der Waals surface area contributed by atoms with E-state index in [1.165, 1.54) is 22.3 Å². The van der Waals surface area contributed by atoms with Crippen molar-refractivity contribution in [2.75, 3.05) is 0 Å². The molecule has 0 amide bonds. The van der Waals surface area contributed by atoms with Crippen LogP contribution in [0.4, 0.5) is 0 Å². The van der Waals surface area contributed by atoms with Gasteiger partial charge in [0, 0.05) is 5.41 Å². The highest BCUT2D eigenvalue weighted by atomic mass is 14.3. The third-order valence-corrected chi connectivity index (χ3v) is 4.66. The van der Waals surface area contributed by atoms with Crippen LogP contribution >= 0.6 is 0 Å². The van der Waals surface area contributed by atoms with Gasteiger partial charge in [-0.2, -0.15) is 0 Å². The molecule has 0 atom stereocenters. The van der Waals surface area contributed by atoms with Crippen LogP contribution in [0.5, 0.6) is 0 Å². The normalized spacial score (nSPS) is 13.2. The summed E-state index contributed by atoms with van der Waals surface area (Å²) < 4.78 is 0. The van der Waals surface area contributed by atoms with Crippen LogP contribution < -0.4 is 0 Å². The van der Waals surface area contributed by atoms with Crippen LogP contribution in [0.3, 0.4) is 0 Å². The summed E-state index contributed by atoms with van der Waals surface area (Å²) in [5.41, 5.74) is 5.41. The SMILES string of the molecule is CC(C)(C)c1[c]ccc(C(C)(C)c2cc[c]c(C(C)(C)C)c2)c1. The van der Waals surface area contributed by atoms with Crippen molar-refractivity contribution in [2.45, 2.75) is 71.6 Å². The maximum absolute atomic E-state index is 3.40. The Bertz CT molecular complexity index is 616. The van der Waals surface area contributed by atoms with Gasteiger partial charge < -0.3 is 0 Å². The second-order valence-corrected chi connectivity index (χ2v) is 9.11. The monoisotopic (exact) mass is 306 g/mol. The summed E-state index contributed by atoms with van der Waals surface area (Å²) in [5, 5.41) is 0. The molecule has 2 aromatic carbocycles. The van der Waals surface area contributed by atoms with E-state index in [1.54, 1.807) is 0 Å². The smallest absolute Gasteiger partial charge is 0.0146 e. The second-order valence-electron chi connectivity index (χ2n) is 9.11. The zero-order chi connectivity index (χ0) is 17.5. The molecule has 0 heterocycles. The number of hydrogen-bond acceptors (Lipinski definition) is 0. The van der Waals surface area contributed by atoms with Gasteiger partial charge in [0.1, 0.15) is 0 Å². The Kier molecular flexibility index (Phi) is 4.50. The average Bonchev–Trinajstić information content (AvgIpc) is 2.46. The molecular formula is C23H30. The molecule has 0 aromatic heterocycles. The fourth-order valence-electron chi connectivity index (χ4n) is 2.74. The van der Waals surface area contributed by atoms with Crippen LogP contribution in [0.25, 0.3) is 0 Å². The molecule has 2 rings (SSSR count). The number of benzene rings is 2. The topological polar surface area (TPSA) is 0 Å². The first-order valence-corrected chi connectivity index (χ1v) is 8.48. The summed E-state index contributed by atoms with van der Waals surface area (Å²) >= 11 is 0. The van der Waals surface area contributed by atoms with Crippen LogP contribution in [0.2, 0.25) is 0 Å². The van der Waals surface area contributed by atoms with E-state index in [-0.39, 0.29) is 16.2 Å². The zero-order valence-electron chi connectivity index (χ0n) is 16.0. The van der Waals surface area contributed by atoms with E-state index >= 15 is 0 Å². The highest BCUT2D eigenvalue weighted by molar-refractivity contribution is 5.42. The van der Waals surface area contributed by atoms with Crippen molar-refractivity contribution in [2.24, 2.45) is 0 Å². The Balaban J connectivity index is 2.51. The maximum atomic E-state index is 3.40. The first-order valence-electron chi connectivity index (χ1n) is 8.48. The Morgan fingerprint density at radius 3 is 1.26 bits per heavy atom. The van der Waals surface area contributed by atoms with Gasteiger partial charge in [-0.25, -0.2) is 0 Å². The fraction of sp³-hybridized carbons (Fsp3) is 0.478. The second kappa shape index (κ2) is 5.82. The summed E-state index contributed by atoms with van der Waals surface area (Å²) in [5.74, 6) is 0. The molecule has 0 fully saturated rings. The van der Waals surface area contributed by atoms with Crippen molar-refractivity contribution < 1.29 is 0 Å². The lowest BCUT2D eigenvalue weighted by Gasteiger charge is -2.30. The summed E-state index contributed by atoms with van der Waals surface area (Å²) in [4.78, 5) is 0. The van der Waals surface area contributed by atoms with E-state index in [2.05, 4.69) is 104 Å². The molecule has 122 valence electrons. The largest absolute Gasteiger partial charge is 0.0575 e. The lowest BCUT2D eigenvalue weighted by Crippen LogP contribution is -2.22. The number of rotatable bonds is 2. The van der Waals surface area contributed by atoms with Gasteiger partial charge in [-0.1, -0.05) is 91.8 Å². The van der Waals surface area contributed by atoms with Crippen molar-refractivity contribution in [3.05, 3.63) is 70.8 Å². The Labute approximate surface area is 143 Å². The van der Waals surface area contributed by atoms with E-state index < -0.39 is 0 Å². The molecule has 0 aliphatic rings. The molecule has 0 bridgehead atoms. The third-order valence-electron chi connectivity index (χ3n) is 4.66. The summed E-state index contributed by atoms with van der Waals surface area (Å²) in [6.45, 7) is 18.0. The molecular weight excluding hydrogens is 276 g/mol. The molecule has 0 saturated heterocycles. The average molecular weight is 306 g/mol. The van der Waals surface area contributed by atoms with Gasteiger partial charge in [-0.05, 0) is 45.2 Å². The number of hydrogen-bond donors (Lipinski definition) is 0. The first kappa shape index (κ1) is 17.8. The molecule has 0 heteroatoms. The van der Waals surface area contributed by atoms with Crippen LogP contribution in [-0.2, 0) is 16.2 Å². The molecule has 23 heavy (non-hydrogen) atoms. The Morgan fingerprint density at radius 2 is 0.957 bits per heavy atom. The highest BCUT2D eigenvalue weighted by Crippen LogP contribution is 2.35. The molecule has 0 spiro atoms. The minimum Gasteiger partial charge on any atom is -0.0575 e. The molecule has 0 N–H and O–H groups in total. The molecule has 0 unspecified atom stereocenters. The van der Waals surface area contributed by atoms with Crippen LogP contribution in [0.1, 0.15) is 77.6 Å². The van der Waals surface area contributed by atoms with Gasteiger partial charge in [-0.3, -0.25) is 0 Å². The van der Waals surface area contributed by atoms with E-state index in [1.807, 2.05) is 0 Å². The lowest BCUT2D eigenvalue weighted by atomic mass is 9.74. The van der Waals surface area contributed by atoms with Crippen LogP contribution in [-0.4, -0.2) is 0 Å². The van der Waals surface area contributed by atoms with Gasteiger partial charge in [0.2, 0.25) is 0 Å². The van der Waals surface area contributed by atoms with Gasteiger partial charge in [0.15, 0.2) is 0 Å².